The van der Waals surface area contributed by atoms with Gasteiger partial charge < -0.3 is 0 Å². The fourth-order valence-electron chi connectivity index (χ4n) is 1.94. The predicted molar refractivity (Wildman–Crippen MR) is 82.9 cm³/mol. The standard InChI is InChI=1S/C14H13N3O2S2/c18-21(19,14-6-2-9-20-14)16-13-5-1-4-12(10-13)11-17-8-3-7-15-17/h1-10,16H,11H2. The van der Waals surface area contributed by atoms with E-state index in [-0.39, 0.29) is 0 Å². The molecule has 0 aliphatic heterocycles. The largest absolute Gasteiger partial charge is 0.279 e. The number of nitrogens with zero attached hydrogens (tertiary/aromatic N) is 2. The minimum absolute atomic E-state index is 0.306. The molecular formula is C14H13N3O2S2. The van der Waals surface area contributed by atoms with Crippen molar-refractivity contribution in [1.29, 1.82) is 0 Å². The van der Waals surface area contributed by atoms with Gasteiger partial charge >= 0.3 is 0 Å². The molecule has 0 radical (unpaired) electrons. The quantitative estimate of drug-likeness (QED) is 0.786. The van der Waals surface area contributed by atoms with Crippen LogP contribution in [0, 0.1) is 0 Å². The van der Waals surface area contributed by atoms with Gasteiger partial charge in [0.25, 0.3) is 10.0 Å². The second-order valence-electron chi connectivity index (χ2n) is 4.44. The topological polar surface area (TPSA) is 64.0 Å². The van der Waals surface area contributed by atoms with Crippen LogP contribution in [0.2, 0.25) is 0 Å². The first-order valence-electron chi connectivity index (χ1n) is 6.26. The van der Waals surface area contributed by atoms with E-state index in [1.165, 1.54) is 11.3 Å². The van der Waals surface area contributed by atoms with Gasteiger partial charge in [-0.3, -0.25) is 9.40 Å². The molecule has 5 nitrogen and oxygen atoms in total. The lowest BCUT2D eigenvalue weighted by Gasteiger charge is -2.08. The van der Waals surface area contributed by atoms with E-state index in [0.717, 1.165) is 5.56 Å². The third-order valence-electron chi connectivity index (χ3n) is 2.84. The number of thiophene rings is 1. The zero-order chi connectivity index (χ0) is 14.7. The molecule has 0 aliphatic carbocycles. The van der Waals surface area contributed by atoms with Crippen molar-refractivity contribution in [3.05, 3.63) is 65.8 Å². The van der Waals surface area contributed by atoms with Crippen LogP contribution in [0.4, 0.5) is 5.69 Å². The predicted octanol–water partition coefficient (Wildman–Crippen LogP) is 2.79. The summed E-state index contributed by atoms with van der Waals surface area (Å²) in [5, 5.41) is 5.87. The van der Waals surface area contributed by atoms with Gasteiger partial charge in [-0.2, -0.15) is 5.10 Å². The summed E-state index contributed by atoms with van der Waals surface area (Å²) >= 11 is 1.19. The van der Waals surface area contributed by atoms with E-state index < -0.39 is 10.0 Å². The Bertz CT molecular complexity index is 810. The van der Waals surface area contributed by atoms with Crippen molar-refractivity contribution in [2.45, 2.75) is 10.8 Å². The van der Waals surface area contributed by atoms with Crippen LogP contribution >= 0.6 is 11.3 Å². The molecule has 2 heterocycles. The summed E-state index contributed by atoms with van der Waals surface area (Å²) in [7, 11) is -3.50. The van der Waals surface area contributed by atoms with E-state index in [4.69, 9.17) is 0 Å². The molecule has 0 spiro atoms. The average molecular weight is 319 g/mol. The van der Waals surface area contributed by atoms with Gasteiger partial charge in [-0.1, -0.05) is 18.2 Å². The van der Waals surface area contributed by atoms with Crippen molar-refractivity contribution in [1.82, 2.24) is 9.78 Å². The Kier molecular flexibility index (Phi) is 3.76. The number of hydrogen-bond donors (Lipinski definition) is 1. The number of benzene rings is 1. The molecule has 3 aromatic rings. The average Bonchev–Trinajstić information content (AvgIpc) is 3.11. The van der Waals surface area contributed by atoms with E-state index in [2.05, 4.69) is 9.82 Å². The van der Waals surface area contributed by atoms with Crippen LogP contribution in [0.1, 0.15) is 5.56 Å². The second-order valence-corrected chi connectivity index (χ2v) is 7.30. The second kappa shape index (κ2) is 5.71. The van der Waals surface area contributed by atoms with E-state index in [1.807, 2.05) is 30.5 Å². The maximum Gasteiger partial charge on any atom is 0.271 e. The third kappa shape index (κ3) is 3.32. The molecule has 0 atom stereocenters. The molecule has 0 saturated heterocycles. The van der Waals surface area contributed by atoms with Crippen molar-refractivity contribution < 1.29 is 8.42 Å². The SMILES string of the molecule is O=S(=O)(Nc1cccc(Cn2cccn2)c1)c1cccs1. The Hall–Kier alpha value is -2.12. The third-order valence-corrected chi connectivity index (χ3v) is 5.62. The highest BCUT2D eigenvalue weighted by atomic mass is 32.2. The number of aromatic nitrogens is 2. The Labute approximate surface area is 126 Å². The van der Waals surface area contributed by atoms with Crippen molar-refractivity contribution >= 4 is 27.0 Å². The summed E-state index contributed by atoms with van der Waals surface area (Å²) in [4.78, 5) is 0. The van der Waals surface area contributed by atoms with Crippen LogP contribution in [0.25, 0.3) is 0 Å². The first-order valence-corrected chi connectivity index (χ1v) is 8.62. The number of rotatable bonds is 5. The molecule has 1 aromatic carbocycles. The highest BCUT2D eigenvalue weighted by Crippen LogP contribution is 2.21. The Balaban J connectivity index is 1.80. The molecule has 0 aliphatic rings. The minimum Gasteiger partial charge on any atom is -0.279 e. The van der Waals surface area contributed by atoms with Crippen LogP contribution in [-0.2, 0) is 16.6 Å². The molecule has 108 valence electrons. The number of anilines is 1. The van der Waals surface area contributed by atoms with Gasteiger partial charge in [0.2, 0.25) is 0 Å². The van der Waals surface area contributed by atoms with E-state index in [9.17, 15) is 8.42 Å². The van der Waals surface area contributed by atoms with Gasteiger partial charge in [0.1, 0.15) is 4.21 Å². The first-order chi connectivity index (χ1) is 10.1. The van der Waals surface area contributed by atoms with Crippen LogP contribution < -0.4 is 4.72 Å². The zero-order valence-electron chi connectivity index (χ0n) is 11.0. The van der Waals surface area contributed by atoms with Gasteiger partial charge in [0.05, 0.1) is 6.54 Å². The monoisotopic (exact) mass is 319 g/mol. The summed E-state index contributed by atoms with van der Waals surface area (Å²) in [6.07, 6.45) is 3.58. The van der Waals surface area contributed by atoms with E-state index in [1.54, 1.807) is 34.5 Å². The fourth-order valence-corrected chi connectivity index (χ4v) is 3.98. The summed E-state index contributed by atoms with van der Waals surface area (Å²) in [5.74, 6) is 0. The van der Waals surface area contributed by atoms with Gasteiger partial charge in [-0.25, -0.2) is 8.42 Å². The molecule has 2 aromatic heterocycles. The van der Waals surface area contributed by atoms with Crippen molar-refractivity contribution in [3.8, 4) is 0 Å². The van der Waals surface area contributed by atoms with Gasteiger partial charge in [0.15, 0.2) is 0 Å². The van der Waals surface area contributed by atoms with Gasteiger partial charge in [0, 0.05) is 18.1 Å². The van der Waals surface area contributed by atoms with E-state index in [0.29, 0.717) is 16.4 Å². The smallest absolute Gasteiger partial charge is 0.271 e. The normalized spacial score (nSPS) is 11.4. The molecule has 21 heavy (non-hydrogen) atoms. The molecule has 0 amide bonds. The lowest BCUT2D eigenvalue weighted by Crippen LogP contribution is -2.11. The zero-order valence-corrected chi connectivity index (χ0v) is 12.6. The summed E-state index contributed by atoms with van der Waals surface area (Å²) in [6, 6.07) is 12.5. The van der Waals surface area contributed by atoms with Crippen molar-refractivity contribution in [2.24, 2.45) is 0 Å². The summed E-state index contributed by atoms with van der Waals surface area (Å²) in [6.45, 7) is 0.599. The van der Waals surface area contributed by atoms with Gasteiger partial charge in [-0.05, 0) is 35.2 Å². The number of nitrogens with one attached hydrogen (secondary N) is 1. The number of sulfonamides is 1. The first kappa shape index (κ1) is 13.8. The van der Waals surface area contributed by atoms with Gasteiger partial charge in [-0.15, -0.1) is 11.3 Å². The lowest BCUT2D eigenvalue weighted by atomic mass is 10.2. The fraction of sp³-hybridized carbons (Fsp3) is 0.0714. The maximum absolute atomic E-state index is 12.2. The summed E-state index contributed by atoms with van der Waals surface area (Å²) < 4.78 is 29.0. The van der Waals surface area contributed by atoms with Crippen LogP contribution in [0.3, 0.4) is 0 Å². The van der Waals surface area contributed by atoms with Crippen LogP contribution in [-0.4, -0.2) is 18.2 Å². The Morgan fingerprint density at radius 2 is 2.10 bits per heavy atom. The van der Waals surface area contributed by atoms with E-state index >= 15 is 0 Å². The highest BCUT2D eigenvalue weighted by Gasteiger charge is 2.15. The minimum atomic E-state index is -3.50. The maximum atomic E-state index is 12.2. The number of hydrogen-bond acceptors (Lipinski definition) is 4. The van der Waals surface area contributed by atoms with Crippen LogP contribution in [0.5, 0.6) is 0 Å². The molecule has 0 bridgehead atoms. The molecule has 3 rings (SSSR count). The molecule has 0 saturated carbocycles. The van der Waals surface area contributed by atoms with Crippen molar-refractivity contribution in [2.75, 3.05) is 4.72 Å². The Morgan fingerprint density at radius 3 is 2.81 bits per heavy atom. The molecule has 0 unspecified atom stereocenters. The van der Waals surface area contributed by atoms with Crippen LogP contribution in [0.15, 0.2) is 64.4 Å². The molecule has 1 N–H and O–H groups in total. The molecule has 0 fully saturated rings. The molecular weight excluding hydrogens is 306 g/mol. The lowest BCUT2D eigenvalue weighted by molar-refractivity contribution is 0.603. The molecule has 7 heteroatoms. The highest BCUT2D eigenvalue weighted by molar-refractivity contribution is 7.94. The summed E-state index contributed by atoms with van der Waals surface area (Å²) in [5.41, 5.74) is 1.53. The Morgan fingerprint density at radius 1 is 1.19 bits per heavy atom. The van der Waals surface area contributed by atoms with Crippen molar-refractivity contribution in [3.63, 3.8) is 0 Å².